The Kier molecular flexibility index (Phi) is 4.25. The van der Waals surface area contributed by atoms with E-state index in [0.29, 0.717) is 24.5 Å². The lowest BCUT2D eigenvalue weighted by Gasteiger charge is -2.32. The number of pyridine rings is 1. The summed E-state index contributed by atoms with van der Waals surface area (Å²) in [7, 11) is 0. The second-order valence-electron chi connectivity index (χ2n) is 6.31. The Labute approximate surface area is 149 Å². The molecule has 4 rings (SSSR count). The van der Waals surface area contributed by atoms with Crippen LogP contribution in [0.3, 0.4) is 0 Å². The molecule has 1 aromatic carbocycles. The van der Waals surface area contributed by atoms with Crippen molar-refractivity contribution < 1.29 is 4.79 Å². The van der Waals surface area contributed by atoms with Crippen LogP contribution in [0, 0.1) is 0 Å². The number of piperidine rings is 1. The maximum Gasteiger partial charge on any atom is 0.275 e. The second-order valence-corrected chi connectivity index (χ2v) is 6.31. The van der Waals surface area contributed by atoms with Crippen LogP contribution in [0.5, 0.6) is 0 Å². The number of aromatic amines is 1. The van der Waals surface area contributed by atoms with Crippen LogP contribution in [0.1, 0.15) is 34.8 Å². The highest BCUT2D eigenvalue weighted by atomic mass is 16.2. The summed E-state index contributed by atoms with van der Waals surface area (Å²) in [6, 6.07) is 9.45. The minimum Gasteiger partial charge on any atom is -0.337 e. The molecule has 1 amide bonds. The number of benzene rings is 1. The van der Waals surface area contributed by atoms with E-state index in [1.807, 2.05) is 29.2 Å². The molecule has 1 saturated heterocycles. The molecule has 0 bridgehead atoms. The topological polar surface area (TPSA) is 111 Å². The average molecular weight is 347 g/mol. The number of fused-ring (bicyclic) bond motifs is 1. The van der Waals surface area contributed by atoms with Gasteiger partial charge in [-0.3, -0.25) is 14.9 Å². The highest BCUT2D eigenvalue weighted by Gasteiger charge is 2.27. The molecule has 3 aromatic rings. The third-order valence-electron chi connectivity index (χ3n) is 4.88. The van der Waals surface area contributed by atoms with E-state index in [2.05, 4.69) is 25.2 Å². The summed E-state index contributed by atoms with van der Waals surface area (Å²) in [5, 5.41) is 11.6. The molecule has 0 aliphatic carbocycles. The minimum absolute atomic E-state index is 0.0777. The van der Waals surface area contributed by atoms with Crippen LogP contribution < -0.4 is 0 Å². The molecular formula is C18H17N7O. The predicted molar refractivity (Wildman–Crippen MR) is 97.0 cm³/mol. The number of nitrogens with one attached hydrogen (secondary N) is 1. The van der Waals surface area contributed by atoms with E-state index in [1.54, 1.807) is 18.5 Å². The molecule has 2 aromatic heterocycles. The van der Waals surface area contributed by atoms with E-state index in [-0.39, 0.29) is 11.8 Å². The number of hydrogen-bond donors (Lipinski definition) is 1. The first-order chi connectivity index (χ1) is 12.8. The van der Waals surface area contributed by atoms with Crippen LogP contribution >= 0.6 is 0 Å². The molecule has 1 fully saturated rings. The Morgan fingerprint density at radius 2 is 2.08 bits per heavy atom. The zero-order valence-corrected chi connectivity index (χ0v) is 14.0. The summed E-state index contributed by atoms with van der Waals surface area (Å²) in [5.74, 6) is 0.198. The van der Waals surface area contributed by atoms with Crippen LogP contribution in [0.15, 0.2) is 47.8 Å². The van der Waals surface area contributed by atoms with E-state index in [9.17, 15) is 4.79 Å². The third kappa shape index (κ3) is 2.87. The fourth-order valence-electron chi connectivity index (χ4n) is 3.54. The number of amides is 1. The molecule has 0 saturated carbocycles. The number of carbonyl (C=O) groups is 1. The largest absolute Gasteiger partial charge is 0.337 e. The Morgan fingerprint density at radius 1 is 1.27 bits per heavy atom. The first-order valence-corrected chi connectivity index (χ1v) is 8.49. The zero-order valence-electron chi connectivity index (χ0n) is 14.0. The van der Waals surface area contributed by atoms with Gasteiger partial charge in [0.25, 0.3) is 5.91 Å². The van der Waals surface area contributed by atoms with Gasteiger partial charge in [-0.2, -0.15) is 5.10 Å². The third-order valence-corrected chi connectivity index (χ3v) is 4.88. The summed E-state index contributed by atoms with van der Waals surface area (Å²) < 4.78 is 0. The monoisotopic (exact) mass is 347 g/mol. The molecule has 8 nitrogen and oxygen atoms in total. The van der Waals surface area contributed by atoms with Gasteiger partial charge in [-0.25, -0.2) is 0 Å². The molecule has 26 heavy (non-hydrogen) atoms. The minimum atomic E-state index is -0.0777. The van der Waals surface area contributed by atoms with E-state index in [1.165, 1.54) is 0 Å². The Bertz CT molecular complexity index is 997. The number of rotatable bonds is 3. The Balaban J connectivity index is 1.50. The Morgan fingerprint density at radius 3 is 2.88 bits per heavy atom. The van der Waals surface area contributed by atoms with Gasteiger partial charge in [0.15, 0.2) is 5.69 Å². The number of azide groups is 1. The van der Waals surface area contributed by atoms with Crippen molar-refractivity contribution >= 4 is 22.5 Å². The lowest BCUT2D eigenvalue weighted by molar-refractivity contribution is 0.0709. The van der Waals surface area contributed by atoms with E-state index in [0.717, 1.165) is 29.3 Å². The highest BCUT2D eigenvalue weighted by Crippen LogP contribution is 2.34. The number of hydrogen-bond acceptors (Lipinski definition) is 4. The van der Waals surface area contributed by atoms with Crippen molar-refractivity contribution in [1.82, 2.24) is 20.1 Å². The lowest BCUT2D eigenvalue weighted by Crippen LogP contribution is -2.38. The van der Waals surface area contributed by atoms with E-state index in [4.69, 9.17) is 5.53 Å². The van der Waals surface area contributed by atoms with Gasteiger partial charge in [0.1, 0.15) is 0 Å². The first-order valence-electron chi connectivity index (χ1n) is 8.49. The van der Waals surface area contributed by atoms with Crippen molar-refractivity contribution in [3.63, 3.8) is 0 Å². The van der Waals surface area contributed by atoms with Gasteiger partial charge in [0, 0.05) is 36.1 Å². The lowest BCUT2D eigenvalue weighted by atomic mass is 9.88. The van der Waals surface area contributed by atoms with Crippen molar-refractivity contribution in [1.29, 1.82) is 0 Å². The molecular weight excluding hydrogens is 330 g/mol. The van der Waals surface area contributed by atoms with Gasteiger partial charge in [-0.1, -0.05) is 29.4 Å². The van der Waals surface area contributed by atoms with Crippen LogP contribution in [0.25, 0.3) is 21.3 Å². The molecule has 8 heteroatoms. The number of nitrogens with zero attached hydrogens (tertiary/aromatic N) is 6. The van der Waals surface area contributed by atoms with Gasteiger partial charge in [0.2, 0.25) is 0 Å². The maximum atomic E-state index is 12.8. The van der Waals surface area contributed by atoms with Gasteiger partial charge in [-0.15, -0.1) is 0 Å². The maximum absolute atomic E-state index is 12.8. The SMILES string of the molecule is [N-]=[N+]=Nc1ccccc1C1CCN(C(=O)c2n[nH]c3ccncc23)CC1. The quantitative estimate of drug-likeness (QED) is 0.440. The van der Waals surface area contributed by atoms with Crippen molar-refractivity contribution in [3.8, 4) is 0 Å². The van der Waals surface area contributed by atoms with Crippen LogP contribution in [0.4, 0.5) is 5.69 Å². The summed E-state index contributed by atoms with van der Waals surface area (Å²) in [6.07, 6.45) is 4.98. The molecule has 0 radical (unpaired) electrons. The number of likely N-dealkylation sites (tertiary alicyclic amines) is 1. The summed E-state index contributed by atoms with van der Waals surface area (Å²) >= 11 is 0. The molecule has 0 atom stereocenters. The normalized spacial score (nSPS) is 15.0. The fraction of sp³-hybridized carbons (Fsp3) is 0.278. The number of H-pyrrole nitrogens is 1. The number of aromatic nitrogens is 3. The van der Waals surface area contributed by atoms with Crippen LogP contribution in [-0.4, -0.2) is 39.1 Å². The molecule has 1 aliphatic rings. The van der Waals surface area contributed by atoms with E-state index >= 15 is 0 Å². The van der Waals surface area contributed by atoms with Crippen LogP contribution in [0.2, 0.25) is 0 Å². The molecule has 1 N–H and O–H groups in total. The van der Waals surface area contributed by atoms with Crippen molar-refractivity contribution in [2.45, 2.75) is 18.8 Å². The highest BCUT2D eigenvalue weighted by molar-refractivity contribution is 6.04. The smallest absolute Gasteiger partial charge is 0.275 e. The molecule has 130 valence electrons. The van der Waals surface area contributed by atoms with Gasteiger partial charge in [0.05, 0.1) is 10.9 Å². The Hall–Kier alpha value is -3.38. The van der Waals surface area contributed by atoms with Crippen LogP contribution in [-0.2, 0) is 0 Å². The van der Waals surface area contributed by atoms with Gasteiger partial charge >= 0.3 is 0 Å². The molecule has 1 aliphatic heterocycles. The molecule has 0 unspecified atom stereocenters. The first kappa shape index (κ1) is 16.1. The van der Waals surface area contributed by atoms with E-state index < -0.39 is 0 Å². The van der Waals surface area contributed by atoms with Crippen molar-refractivity contribution in [2.75, 3.05) is 13.1 Å². The van der Waals surface area contributed by atoms with Crippen molar-refractivity contribution in [2.24, 2.45) is 5.11 Å². The summed E-state index contributed by atoms with van der Waals surface area (Å²) in [4.78, 5) is 21.7. The van der Waals surface area contributed by atoms with Gasteiger partial charge in [-0.05, 0) is 35.9 Å². The predicted octanol–water partition coefficient (Wildman–Crippen LogP) is 3.92. The average Bonchev–Trinajstić information content (AvgIpc) is 3.12. The fourth-order valence-corrected chi connectivity index (χ4v) is 3.54. The molecule has 3 heterocycles. The summed E-state index contributed by atoms with van der Waals surface area (Å²) in [6.45, 7) is 1.28. The van der Waals surface area contributed by atoms with Crippen molar-refractivity contribution in [3.05, 3.63) is 64.4 Å². The van der Waals surface area contributed by atoms with Gasteiger partial charge < -0.3 is 4.90 Å². The zero-order chi connectivity index (χ0) is 17.9. The summed E-state index contributed by atoms with van der Waals surface area (Å²) in [5.41, 5.74) is 11.7. The molecule has 0 spiro atoms. The second kappa shape index (κ2) is 6.85. The number of carbonyl (C=O) groups excluding carboxylic acids is 1. The standard InChI is InChI=1S/C18H17N7O/c19-24-22-15-4-2-1-3-13(15)12-6-9-25(10-7-12)18(26)17-14-11-20-8-5-16(14)21-23-17/h1-5,8,11-12H,6-7,9-10H2,(H,21,23).